The summed E-state index contributed by atoms with van der Waals surface area (Å²) in [4.78, 5) is 16.6. The first kappa shape index (κ1) is 12.6. The Morgan fingerprint density at radius 1 is 1.29 bits per heavy atom. The van der Waals surface area contributed by atoms with Crippen LogP contribution in [0.2, 0.25) is 0 Å². The summed E-state index contributed by atoms with van der Waals surface area (Å²) in [7, 11) is 0. The summed E-state index contributed by atoms with van der Waals surface area (Å²) in [5.41, 5.74) is 1.68. The first-order chi connectivity index (χ1) is 10.3. The highest BCUT2D eigenvalue weighted by Crippen LogP contribution is 2.43. The van der Waals surface area contributed by atoms with Crippen molar-refractivity contribution in [2.45, 2.75) is 19.3 Å². The molecule has 0 radical (unpaired) electrons. The second-order valence-corrected chi connectivity index (χ2v) is 6.00. The molecule has 1 fully saturated rings. The van der Waals surface area contributed by atoms with Gasteiger partial charge in [-0.2, -0.15) is 0 Å². The van der Waals surface area contributed by atoms with E-state index in [2.05, 4.69) is 22.5 Å². The van der Waals surface area contributed by atoms with Crippen molar-refractivity contribution in [2.75, 3.05) is 6.54 Å². The van der Waals surface area contributed by atoms with Gasteiger partial charge in [0.15, 0.2) is 11.5 Å². The molecule has 1 amide bonds. The minimum atomic E-state index is 0.170. The summed E-state index contributed by atoms with van der Waals surface area (Å²) < 4.78 is 5.65. The van der Waals surface area contributed by atoms with E-state index in [1.54, 1.807) is 0 Å². The van der Waals surface area contributed by atoms with E-state index < -0.39 is 0 Å². The minimum Gasteiger partial charge on any atom is -0.441 e. The predicted octanol–water partition coefficient (Wildman–Crippen LogP) is 2.70. The number of carbonyl (C=O) groups excluding carboxylic acids is 1. The lowest BCUT2D eigenvalue weighted by molar-refractivity contribution is -0.125. The number of aromatic nitrogens is 1. The summed E-state index contributed by atoms with van der Waals surface area (Å²) in [6.07, 6.45) is 7.27. The van der Waals surface area contributed by atoms with Gasteiger partial charge in [-0.15, -0.1) is 0 Å². The number of allylic oxidation sites excluding steroid dienone is 2. The number of amides is 1. The average Bonchev–Trinajstić information content (AvgIpc) is 3.21. The first-order valence-corrected chi connectivity index (χ1v) is 7.60. The van der Waals surface area contributed by atoms with Crippen molar-refractivity contribution < 1.29 is 9.21 Å². The lowest BCUT2D eigenvalue weighted by atomic mass is 9.93. The summed E-state index contributed by atoms with van der Waals surface area (Å²) in [6.45, 7) is 0.587. The molecule has 1 saturated carbocycles. The molecule has 1 N–H and O–H groups in total. The Morgan fingerprint density at radius 3 is 2.95 bits per heavy atom. The van der Waals surface area contributed by atoms with Gasteiger partial charge in [0, 0.05) is 18.9 Å². The van der Waals surface area contributed by atoms with Crippen LogP contribution >= 0.6 is 0 Å². The molecular formula is C17H18N2O2. The van der Waals surface area contributed by atoms with Crippen LogP contribution in [-0.4, -0.2) is 17.4 Å². The Bertz CT molecular complexity index is 671. The fourth-order valence-corrected chi connectivity index (χ4v) is 3.53. The van der Waals surface area contributed by atoms with Crippen molar-refractivity contribution in [1.82, 2.24) is 10.3 Å². The van der Waals surface area contributed by atoms with Crippen LogP contribution in [-0.2, 0) is 11.2 Å². The van der Waals surface area contributed by atoms with Gasteiger partial charge in [0.05, 0.1) is 0 Å². The van der Waals surface area contributed by atoms with Gasteiger partial charge in [-0.25, -0.2) is 4.98 Å². The van der Waals surface area contributed by atoms with Crippen molar-refractivity contribution in [3.8, 4) is 0 Å². The van der Waals surface area contributed by atoms with Gasteiger partial charge in [-0.05, 0) is 36.8 Å². The highest BCUT2D eigenvalue weighted by molar-refractivity contribution is 5.80. The number of rotatable bonds is 4. The zero-order valence-electron chi connectivity index (χ0n) is 11.8. The van der Waals surface area contributed by atoms with Crippen LogP contribution < -0.4 is 5.32 Å². The number of nitrogens with one attached hydrogen (secondary N) is 1. The Kier molecular flexibility index (Phi) is 3.02. The Morgan fingerprint density at radius 2 is 2.19 bits per heavy atom. The van der Waals surface area contributed by atoms with Crippen molar-refractivity contribution in [1.29, 1.82) is 0 Å². The molecule has 3 atom stereocenters. The topological polar surface area (TPSA) is 55.1 Å². The molecule has 4 nitrogen and oxygen atoms in total. The van der Waals surface area contributed by atoms with E-state index in [0.29, 0.717) is 30.7 Å². The van der Waals surface area contributed by atoms with E-state index in [4.69, 9.17) is 4.42 Å². The summed E-state index contributed by atoms with van der Waals surface area (Å²) in [5, 5.41) is 3.03. The lowest BCUT2D eigenvalue weighted by Crippen LogP contribution is -2.34. The van der Waals surface area contributed by atoms with Crippen molar-refractivity contribution in [3.05, 3.63) is 42.3 Å². The van der Waals surface area contributed by atoms with E-state index in [9.17, 15) is 4.79 Å². The van der Waals surface area contributed by atoms with Crippen LogP contribution in [0.3, 0.4) is 0 Å². The second-order valence-electron chi connectivity index (χ2n) is 6.00. The monoisotopic (exact) mass is 282 g/mol. The molecule has 0 aliphatic heterocycles. The normalized spacial score (nSPS) is 26.6. The third-order valence-electron chi connectivity index (χ3n) is 4.59. The van der Waals surface area contributed by atoms with Crippen LogP contribution in [0.4, 0.5) is 0 Å². The molecule has 1 heterocycles. The van der Waals surface area contributed by atoms with Gasteiger partial charge >= 0.3 is 0 Å². The van der Waals surface area contributed by atoms with Gasteiger partial charge < -0.3 is 9.73 Å². The maximum Gasteiger partial charge on any atom is 0.223 e. The van der Waals surface area contributed by atoms with Gasteiger partial charge in [-0.3, -0.25) is 4.79 Å². The number of fused-ring (bicyclic) bond motifs is 3. The average molecular weight is 282 g/mol. The molecule has 4 heteroatoms. The molecule has 108 valence electrons. The summed E-state index contributed by atoms with van der Waals surface area (Å²) in [5.74, 6) is 2.12. The van der Waals surface area contributed by atoms with Crippen LogP contribution in [0.15, 0.2) is 40.8 Å². The number of hydrogen-bond acceptors (Lipinski definition) is 3. The fourth-order valence-electron chi connectivity index (χ4n) is 3.53. The molecule has 21 heavy (non-hydrogen) atoms. The van der Waals surface area contributed by atoms with Gasteiger partial charge in [0.25, 0.3) is 0 Å². The number of carbonyl (C=O) groups is 1. The Labute approximate surface area is 123 Å². The van der Waals surface area contributed by atoms with Crippen molar-refractivity contribution >= 4 is 17.0 Å². The zero-order valence-corrected chi connectivity index (χ0v) is 11.8. The van der Waals surface area contributed by atoms with E-state index in [1.165, 1.54) is 0 Å². The molecular weight excluding hydrogens is 264 g/mol. The lowest BCUT2D eigenvalue weighted by Gasteiger charge is -2.17. The molecule has 2 aliphatic carbocycles. The molecule has 4 rings (SSSR count). The van der Waals surface area contributed by atoms with E-state index >= 15 is 0 Å². The molecule has 2 aliphatic rings. The molecule has 2 aromatic rings. The van der Waals surface area contributed by atoms with Crippen LogP contribution in [0, 0.1) is 17.8 Å². The van der Waals surface area contributed by atoms with Crippen LogP contribution in [0.1, 0.15) is 18.7 Å². The molecule has 1 aromatic heterocycles. The molecule has 1 aromatic carbocycles. The van der Waals surface area contributed by atoms with Crippen molar-refractivity contribution in [3.63, 3.8) is 0 Å². The van der Waals surface area contributed by atoms with Crippen LogP contribution in [0.5, 0.6) is 0 Å². The fraction of sp³-hybridized carbons (Fsp3) is 0.412. The third-order valence-corrected chi connectivity index (χ3v) is 4.59. The van der Waals surface area contributed by atoms with Gasteiger partial charge in [0.1, 0.15) is 5.52 Å². The Balaban J connectivity index is 1.33. The van der Waals surface area contributed by atoms with Gasteiger partial charge in [-0.1, -0.05) is 24.3 Å². The quantitative estimate of drug-likeness (QED) is 0.877. The zero-order chi connectivity index (χ0) is 14.2. The van der Waals surface area contributed by atoms with Gasteiger partial charge in [0.2, 0.25) is 5.91 Å². The first-order valence-electron chi connectivity index (χ1n) is 7.60. The Hall–Kier alpha value is -2.10. The van der Waals surface area contributed by atoms with E-state index in [1.807, 2.05) is 24.3 Å². The standard InChI is InChI=1S/C17H18N2O2/c20-17(13-10-11-5-6-12(13)9-11)18-8-7-16-19-14-3-1-2-4-15(14)21-16/h1-6,11-13H,7-10H2,(H,18,20)/t11-,12+,13-/m1/s1. The molecule has 2 bridgehead atoms. The van der Waals surface area contributed by atoms with Crippen LogP contribution in [0.25, 0.3) is 11.1 Å². The molecule has 0 unspecified atom stereocenters. The maximum atomic E-state index is 12.2. The second kappa shape index (κ2) is 5.02. The number of para-hydroxylation sites is 2. The summed E-state index contributed by atoms with van der Waals surface area (Å²) >= 11 is 0. The molecule has 0 saturated heterocycles. The minimum absolute atomic E-state index is 0.170. The molecule has 0 spiro atoms. The SMILES string of the molecule is O=C(NCCc1nc2ccccc2o1)[C@@H]1C[C@@H]2C=C[C@H]1C2. The highest BCUT2D eigenvalue weighted by atomic mass is 16.3. The maximum absolute atomic E-state index is 12.2. The number of benzene rings is 1. The van der Waals surface area contributed by atoms with E-state index in [-0.39, 0.29) is 11.8 Å². The largest absolute Gasteiger partial charge is 0.441 e. The highest BCUT2D eigenvalue weighted by Gasteiger charge is 2.39. The predicted molar refractivity (Wildman–Crippen MR) is 79.6 cm³/mol. The smallest absolute Gasteiger partial charge is 0.223 e. The van der Waals surface area contributed by atoms with E-state index in [0.717, 1.165) is 23.9 Å². The number of oxazole rings is 1. The third kappa shape index (κ3) is 2.35. The summed E-state index contributed by atoms with van der Waals surface area (Å²) in [6, 6.07) is 7.72. The number of hydrogen-bond donors (Lipinski definition) is 1. The number of nitrogens with zero attached hydrogens (tertiary/aromatic N) is 1. The van der Waals surface area contributed by atoms with Crippen molar-refractivity contribution in [2.24, 2.45) is 17.8 Å².